The van der Waals surface area contributed by atoms with E-state index in [0.29, 0.717) is 6.54 Å². The molecule has 1 aliphatic rings. The highest BCUT2D eigenvalue weighted by Gasteiger charge is 2.40. The van der Waals surface area contributed by atoms with Gasteiger partial charge in [0.25, 0.3) is 0 Å². The normalized spacial score (nSPS) is 18.8. The van der Waals surface area contributed by atoms with Gasteiger partial charge < -0.3 is 19.7 Å². The van der Waals surface area contributed by atoms with Crippen molar-refractivity contribution in [1.82, 2.24) is 10.2 Å². The van der Waals surface area contributed by atoms with E-state index in [4.69, 9.17) is 9.47 Å². The van der Waals surface area contributed by atoms with Crippen molar-refractivity contribution >= 4 is 5.96 Å². The summed E-state index contributed by atoms with van der Waals surface area (Å²) in [6.45, 7) is 0.629. The molecule has 0 radical (unpaired) electrons. The SMILES string of the molecule is CN=C(NC1CC1c1ccccc1F)N(C)Cc1ccc(OC)cc1OC. The van der Waals surface area contributed by atoms with Gasteiger partial charge in [-0.1, -0.05) is 18.2 Å². The molecule has 5 nitrogen and oxygen atoms in total. The fourth-order valence-electron chi connectivity index (χ4n) is 3.30. The van der Waals surface area contributed by atoms with Crippen LogP contribution in [0.5, 0.6) is 11.5 Å². The minimum atomic E-state index is -0.141. The summed E-state index contributed by atoms with van der Waals surface area (Å²) in [6, 6.07) is 12.9. The van der Waals surface area contributed by atoms with Crippen molar-refractivity contribution in [2.45, 2.75) is 24.9 Å². The molecule has 0 aromatic heterocycles. The second-order valence-corrected chi connectivity index (χ2v) is 6.70. The Labute approximate surface area is 159 Å². The molecule has 0 aliphatic heterocycles. The second-order valence-electron chi connectivity index (χ2n) is 6.70. The topological polar surface area (TPSA) is 46.1 Å². The average molecular weight is 371 g/mol. The molecule has 3 rings (SSSR count). The Hall–Kier alpha value is -2.76. The molecule has 2 aromatic rings. The number of hydrogen-bond acceptors (Lipinski definition) is 3. The zero-order chi connectivity index (χ0) is 19.4. The van der Waals surface area contributed by atoms with Crippen LogP contribution in [0.25, 0.3) is 0 Å². The van der Waals surface area contributed by atoms with E-state index in [1.807, 2.05) is 42.3 Å². The maximum absolute atomic E-state index is 14.0. The summed E-state index contributed by atoms with van der Waals surface area (Å²) < 4.78 is 24.7. The second kappa shape index (κ2) is 8.29. The molecule has 2 unspecified atom stereocenters. The standard InChI is InChI=1S/C21H26FN3O2/c1-23-21(24-19-12-17(19)16-7-5-6-8-18(16)22)25(2)13-14-9-10-15(26-3)11-20(14)27-4/h5-11,17,19H,12-13H2,1-4H3,(H,23,24). The Balaban J connectivity index is 1.64. The predicted molar refractivity (Wildman–Crippen MR) is 105 cm³/mol. The van der Waals surface area contributed by atoms with Gasteiger partial charge in [0.15, 0.2) is 5.96 Å². The number of guanidine groups is 1. The van der Waals surface area contributed by atoms with Crippen LogP contribution in [0.2, 0.25) is 0 Å². The first-order chi connectivity index (χ1) is 13.1. The number of nitrogens with zero attached hydrogens (tertiary/aromatic N) is 2. The van der Waals surface area contributed by atoms with Crippen LogP contribution in [0, 0.1) is 5.82 Å². The first-order valence-corrected chi connectivity index (χ1v) is 8.97. The van der Waals surface area contributed by atoms with Crippen molar-refractivity contribution in [2.24, 2.45) is 4.99 Å². The largest absolute Gasteiger partial charge is 0.497 e. The van der Waals surface area contributed by atoms with Crippen molar-refractivity contribution in [2.75, 3.05) is 28.3 Å². The number of aliphatic imine (C=N–C) groups is 1. The van der Waals surface area contributed by atoms with E-state index in [1.165, 1.54) is 6.07 Å². The fourth-order valence-corrected chi connectivity index (χ4v) is 3.30. The lowest BCUT2D eigenvalue weighted by Crippen LogP contribution is -2.40. The lowest BCUT2D eigenvalue weighted by atomic mass is 10.1. The van der Waals surface area contributed by atoms with Crippen LogP contribution < -0.4 is 14.8 Å². The number of ether oxygens (including phenoxy) is 2. The van der Waals surface area contributed by atoms with E-state index in [2.05, 4.69) is 10.3 Å². The third-order valence-electron chi connectivity index (χ3n) is 4.88. The van der Waals surface area contributed by atoms with Gasteiger partial charge in [-0.05, 0) is 30.2 Å². The molecule has 1 saturated carbocycles. The smallest absolute Gasteiger partial charge is 0.193 e. The molecular formula is C21H26FN3O2. The summed E-state index contributed by atoms with van der Waals surface area (Å²) in [4.78, 5) is 6.41. The van der Waals surface area contributed by atoms with Crippen LogP contribution in [0.4, 0.5) is 4.39 Å². The van der Waals surface area contributed by atoms with Crippen LogP contribution in [-0.4, -0.2) is 45.2 Å². The van der Waals surface area contributed by atoms with Crippen molar-refractivity contribution in [3.05, 3.63) is 59.4 Å². The molecule has 1 N–H and O–H groups in total. The quantitative estimate of drug-likeness (QED) is 0.624. The Morgan fingerprint density at radius 2 is 2.00 bits per heavy atom. The summed E-state index contributed by atoms with van der Waals surface area (Å²) in [5.41, 5.74) is 1.80. The molecule has 0 saturated heterocycles. The van der Waals surface area contributed by atoms with Gasteiger partial charge in [0.1, 0.15) is 17.3 Å². The Morgan fingerprint density at radius 3 is 2.67 bits per heavy atom. The fraction of sp³-hybridized carbons (Fsp3) is 0.381. The van der Waals surface area contributed by atoms with Crippen LogP contribution in [0.3, 0.4) is 0 Å². The van der Waals surface area contributed by atoms with Crippen molar-refractivity contribution in [3.8, 4) is 11.5 Å². The highest BCUT2D eigenvalue weighted by Crippen LogP contribution is 2.41. The molecule has 1 aliphatic carbocycles. The number of nitrogens with one attached hydrogen (secondary N) is 1. The lowest BCUT2D eigenvalue weighted by Gasteiger charge is -2.23. The highest BCUT2D eigenvalue weighted by atomic mass is 19.1. The van der Waals surface area contributed by atoms with Gasteiger partial charge in [0, 0.05) is 44.2 Å². The number of rotatable bonds is 6. The maximum Gasteiger partial charge on any atom is 0.193 e. The van der Waals surface area contributed by atoms with Crippen molar-refractivity contribution in [1.29, 1.82) is 0 Å². The van der Waals surface area contributed by atoms with E-state index in [9.17, 15) is 4.39 Å². The highest BCUT2D eigenvalue weighted by molar-refractivity contribution is 5.80. The molecule has 0 heterocycles. The predicted octanol–water partition coefficient (Wildman–Crippen LogP) is 3.41. The molecule has 0 amide bonds. The van der Waals surface area contributed by atoms with Gasteiger partial charge >= 0.3 is 0 Å². The van der Waals surface area contributed by atoms with Gasteiger partial charge in [0.2, 0.25) is 0 Å². The van der Waals surface area contributed by atoms with E-state index in [-0.39, 0.29) is 17.8 Å². The van der Waals surface area contributed by atoms with Crippen LogP contribution >= 0.6 is 0 Å². The monoisotopic (exact) mass is 371 g/mol. The van der Waals surface area contributed by atoms with E-state index >= 15 is 0 Å². The minimum absolute atomic E-state index is 0.141. The molecule has 2 atom stereocenters. The van der Waals surface area contributed by atoms with Crippen LogP contribution in [-0.2, 0) is 6.54 Å². The summed E-state index contributed by atoms with van der Waals surface area (Å²) in [6.07, 6.45) is 0.902. The molecule has 2 aromatic carbocycles. The number of hydrogen-bond donors (Lipinski definition) is 1. The average Bonchev–Trinajstić information content (AvgIpc) is 3.45. The molecular weight excluding hydrogens is 345 g/mol. The Kier molecular flexibility index (Phi) is 5.84. The zero-order valence-electron chi connectivity index (χ0n) is 16.2. The van der Waals surface area contributed by atoms with E-state index in [0.717, 1.165) is 35.0 Å². The molecule has 144 valence electrons. The number of benzene rings is 2. The summed E-state index contributed by atoms with van der Waals surface area (Å²) >= 11 is 0. The maximum atomic E-state index is 14.0. The zero-order valence-corrected chi connectivity index (χ0v) is 16.2. The first kappa shape index (κ1) is 19.0. The molecule has 6 heteroatoms. The number of halogens is 1. The van der Waals surface area contributed by atoms with E-state index in [1.54, 1.807) is 27.3 Å². The Bertz CT molecular complexity index is 825. The third kappa shape index (κ3) is 4.32. The van der Waals surface area contributed by atoms with Crippen molar-refractivity contribution < 1.29 is 13.9 Å². The molecule has 0 spiro atoms. The lowest BCUT2D eigenvalue weighted by molar-refractivity contribution is 0.382. The summed E-state index contributed by atoms with van der Waals surface area (Å²) in [5.74, 6) is 2.35. The third-order valence-corrected chi connectivity index (χ3v) is 4.88. The van der Waals surface area contributed by atoms with E-state index < -0.39 is 0 Å². The van der Waals surface area contributed by atoms with Gasteiger partial charge in [-0.25, -0.2) is 4.39 Å². The van der Waals surface area contributed by atoms with Crippen LogP contribution in [0.15, 0.2) is 47.5 Å². The van der Waals surface area contributed by atoms with Crippen molar-refractivity contribution in [3.63, 3.8) is 0 Å². The Morgan fingerprint density at radius 1 is 1.22 bits per heavy atom. The molecule has 1 fully saturated rings. The summed E-state index contributed by atoms with van der Waals surface area (Å²) in [7, 11) is 7.01. The van der Waals surface area contributed by atoms with Crippen LogP contribution in [0.1, 0.15) is 23.5 Å². The van der Waals surface area contributed by atoms with Gasteiger partial charge in [-0.15, -0.1) is 0 Å². The van der Waals surface area contributed by atoms with Gasteiger partial charge in [0.05, 0.1) is 14.2 Å². The first-order valence-electron chi connectivity index (χ1n) is 8.97. The molecule has 27 heavy (non-hydrogen) atoms. The minimum Gasteiger partial charge on any atom is -0.497 e. The molecule has 0 bridgehead atoms. The van der Waals surface area contributed by atoms with Gasteiger partial charge in [-0.3, -0.25) is 4.99 Å². The summed E-state index contributed by atoms with van der Waals surface area (Å²) in [5, 5.41) is 3.44. The van der Waals surface area contributed by atoms with Gasteiger partial charge in [-0.2, -0.15) is 0 Å². The number of methoxy groups -OCH3 is 2.